The van der Waals surface area contributed by atoms with Gasteiger partial charge in [-0.2, -0.15) is 0 Å². The second-order valence-corrected chi connectivity index (χ2v) is 4.71. The summed E-state index contributed by atoms with van der Waals surface area (Å²) in [6, 6.07) is 9.45. The van der Waals surface area contributed by atoms with Gasteiger partial charge >= 0.3 is 5.97 Å². The van der Waals surface area contributed by atoms with Crippen molar-refractivity contribution in [2.75, 3.05) is 20.3 Å². The largest absolute Gasteiger partial charge is 0.494 e. The van der Waals surface area contributed by atoms with Gasteiger partial charge in [-0.1, -0.05) is 32.0 Å². The van der Waals surface area contributed by atoms with Crippen LogP contribution in [0.5, 0.6) is 5.75 Å². The fourth-order valence-electron chi connectivity index (χ4n) is 1.75. The molecule has 1 unspecified atom stereocenters. The van der Waals surface area contributed by atoms with Crippen LogP contribution in [0.25, 0.3) is 0 Å². The molecule has 1 N–H and O–H groups in total. The number of esters is 1. The highest BCUT2D eigenvalue weighted by Gasteiger charge is 2.21. The predicted octanol–water partition coefficient (Wildman–Crippen LogP) is 2.24. The van der Waals surface area contributed by atoms with E-state index in [1.165, 1.54) is 7.11 Å². The van der Waals surface area contributed by atoms with E-state index in [-0.39, 0.29) is 17.9 Å². The van der Waals surface area contributed by atoms with E-state index in [1.807, 2.05) is 44.2 Å². The minimum absolute atomic E-state index is 0.209. The van der Waals surface area contributed by atoms with E-state index in [1.54, 1.807) is 0 Å². The standard InChI is InChI=1S/C15H23NO3/c1-12(2)14(15(17)18-3)16-10-7-11-19-13-8-5-4-6-9-13/h4-6,8-9,12,14,16H,7,10-11H2,1-3H3. The van der Waals surface area contributed by atoms with Crippen molar-refractivity contribution in [2.45, 2.75) is 26.3 Å². The van der Waals surface area contributed by atoms with E-state index >= 15 is 0 Å². The summed E-state index contributed by atoms with van der Waals surface area (Å²) in [5.41, 5.74) is 0. The number of para-hydroxylation sites is 1. The summed E-state index contributed by atoms with van der Waals surface area (Å²) in [7, 11) is 1.41. The monoisotopic (exact) mass is 265 g/mol. The van der Waals surface area contributed by atoms with Crippen molar-refractivity contribution in [2.24, 2.45) is 5.92 Å². The van der Waals surface area contributed by atoms with Crippen LogP contribution in [0.2, 0.25) is 0 Å². The molecule has 4 nitrogen and oxygen atoms in total. The zero-order valence-corrected chi connectivity index (χ0v) is 11.9. The van der Waals surface area contributed by atoms with Crippen molar-refractivity contribution < 1.29 is 14.3 Å². The van der Waals surface area contributed by atoms with Gasteiger partial charge in [-0.05, 0) is 31.0 Å². The van der Waals surface area contributed by atoms with Crippen LogP contribution in [0.1, 0.15) is 20.3 Å². The average molecular weight is 265 g/mol. The van der Waals surface area contributed by atoms with Crippen LogP contribution < -0.4 is 10.1 Å². The number of rotatable bonds is 8. The van der Waals surface area contributed by atoms with Crippen molar-refractivity contribution in [3.05, 3.63) is 30.3 Å². The lowest BCUT2D eigenvalue weighted by Gasteiger charge is -2.19. The molecule has 0 aliphatic heterocycles. The van der Waals surface area contributed by atoms with Crippen molar-refractivity contribution in [1.29, 1.82) is 0 Å². The number of hydrogen-bond acceptors (Lipinski definition) is 4. The Labute approximate surface area is 115 Å². The van der Waals surface area contributed by atoms with Gasteiger partial charge < -0.3 is 14.8 Å². The number of methoxy groups -OCH3 is 1. The molecule has 0 saturated heterocycles. The number of nitrogens with one attached hydrogen (secondary N) is 1. The molecule has 4 heteroatoms. The first-order valence-corrected chi connectivity index (χ1v) is 6.64. The third kappa shape index (κ3) is 5.75. The van der Waals surface area contributed by atoms with E-state index in [2.05, 4.69) is 5.32 Å². The van der Waals surface area contributed by atoms with Crippen LogP contribution in [-0.4, -0.2) is 32.3 Å². The Bertz CT molecular complexity index is 365. The fraction of sp³-hybridized carbons (Fsp3) is 0.533. The normalized spacial score (nSPS) is 12.2. The molecule has 0 radical (unpaired) electrons. The maximum atomic E-state index is 11.5. The molecule has 0 saturated carbocycles. The second kappa shape index (κ2) is 8.53. The van der Waals surface area contributed by atoms with Crippen molar-refractivity contribution >= 4 is 5.97 Å². The Morgan fingerprint density at radius 3 is 2.53 bits per heavy atom. The van der Waals surface area contributed by atoms with Crippen LogP contribution in [0.4, 0.5) is 0 Å². The second-order valence-electron chi connectivity index (χ2n) is 4.71. The first-order chi connectivity index (χ1) is 9.15. The molecule has 0 aliphatic rings. The lowest BCUT2D eigenvalue weighted by molar-refractivity contribution is -0.144. The van der Waals surface area contributed by atoms with E-state index in [4.69, 9.17) is 9.47 Å². The Kier molecular flexibility index (Phi) is 6.97. The van der Waals surface area contributed by atoms with Gasteiger partial charge in [0.1, 0.15) is 11.8 Å². The number of hydrogen-bond donors (Lipinski definition) is 1. The third-order valence-electron chi connectivity index (χ3n) is 2.82. The average Bonchev–Trinajstić information content (AvgIpc) is 2.42. The molecule has 19 heavy (non-hydrogen) atoms. The molecular formula is C15H23NO3. The lowest BCUT2D eigenvalue weighted by Crippen LogP contribution is -2.42. The molecule has 0 amide bonds. The molecule has 0 heterocycles. The highest BCUT2D eigenvalue weighted by atomic mass is 16.5. The minimum atomic E-state index is -0.248. The third-order valence-corrected chi connectivity index (χ3v) is 2.82. The predicted molar refractivity (Wildman–Crippen MR) is 75.2 cm³/mol. The van der Waals surface area contributed by atoms with Gasteiger partial charge in [0.05, 0.1) is 13.7 Å². The molecule has 1 aromatic carbocycles. The van der Waals surface area contributed by atoms with Crippen LogP contribution in [-0.2, 0) is 9.53 Å². The number of ether oxygens (including phenoxy) is 2. The number of carbonyl (C=O) groups excluding carboxylic acids is 1. The summed E-state index contributed by atoms with van der Waals surface area (Å²) < 4.78 is 10.3. The van der Waals surface area contributed by atoms with Crippen LogP contribution in [0.3, 0.4) is 0 Å². The maximum absolute atomic E-state index is 11.5. The number of benzene rings is 1. The number of carbonyl (C=O) groups is 1. The minimum Gasteiger partial charge on any atom is -0.494 e. The smallest absolute Gasteiger partial charge is 0.323 e. The Morgan fingerprint density at radius 2 is 1.95 bits per heavy atom. The lowest BCUT2D eigenvalue weighted by atomic mass is 10.0. The van der Waals surface area contributed by atoms with Gasteiger partial charge in [0.25, 0.3) is 0 Å². The van der Waals surface area contributed by atoms with Crippen molar-refractivity contribution in [1.82, 2.24) is 5.32 Å². The molecule has 0 aromatic heterocycles. The molecule has 1 atom stereocenters. The molecule has 0 bridgehead atoms. The molecule has 0 aliphatic carbocycles. The zero-order chi connectivity index (χ0) is 14.1. The summed E-state index contributed by atoms with van der Waals surface area (Å²) in [6.45, 7) is 5.35. The van der Waals surface area contributed by atoms with Gasteiger partial charge in [0.2, 0.25) is 0 Å². The maximum Gasteiger partial charge on any atom is 0.323 e. The highest BCUT2D eigenvalue weighted by Crippen LogP contribution is 2.08. The Hall–Kier alpha value is -1.55. The molecule has 106 valence electrons. The van der Waals surface area contributed by atoms with Crippen molar-refractivity contribution in [3.63, 3.8) is 0 Å². The van der Waals surface area contributed by atoms with Crippen LogP contribution in [0, 0.1) is 5.92 Å². The quantitative estimate of drug-likeness (QED) is 0.578. The van der Waals surface area contributed by atoms with Gasteiger partial charge in [-0.15, -0.1) is 0 Å². The summed E-state index contributed by atoms with van der Waals surface area (Å²) in [4.78, 5) is 11.5. The molecule has 0 spiro atoms. The summed E-state index contributed by atoms with van der Waals surface area (Å²) in [5.74, 6) is 0.873. The molecule has 1 aromatic rings. The first kappa shape index (κ1) is 15.5. The SMILES string of the molecule is COC(=O)C(NCCCOc1ccccc1)C(C)C. The van der Waals surface area contributed by atoms with E-state index in [0.29, 0.717) is 6.61 Å². The topological polar surface area (TPSA) is 47.6 Å². The van der Waals surface area contributed by atoms with Gasteiger partial charge in [-0.25, -0.2) is 0 Å². The van der Waals surface area contributed by atoms with Gasteiger partial charge in [-0.3, -0.25) is 4.79 Å². The van der Waals surface area contributed by atoms with E-state index < -0.39 is 0 Å². The van der Waals surface area contributed by atoms with Crippen LogP contribution >= 0.6 is 0 Å². The molecule has 1 rings (SSSR count). The van der Waals surface area contributed by atoms with Crippen molar-refractivity contribution in [3.8, 4) is 5.75 Å². The van der Waals surface area contributed by atoms with E-state index in [0.717, 1.165) is 18.7 Å². The highest BCUT2D eigenvalue weighted by molar-refractivity contribution is 5.75. The Balaban J connectivity index is 2.20. The van der Waals surface area contributed by atoms with Gasteiger partial charge in [0.15, 0.2) is 0 Å². The molecule has 0 fully saturated rings. The first-order valence-electron chi connectivity index (χ1n) is 6.64. The zero-order valence-electron chi connectivity index (χ0n) is 11.9. The summed E-state index contributed by atoms with van der Waals surface area (Å²) in [5, 5.41) is 3.20. The fourth-order valence-corrected chi connectivity index (χ4v) is 1.75. The summed E-state index contributed by atoms with van der Waals surface area (Å²) in [6.07, 6.45) is 0.842. The van der Waals surface area contributed by atoms with Gasteiger partial charge in [0, 0.05) is 0 Å². The molecular weight excluding hydrogens is 242 g/mol. The van der Waals surface area contributed by atoms with Crippen LogP contribution in [0.15, 0.2) is 30.3 Å². The summed E-state index contributed by atoms with van der Waals surface area (Å²) >= 11 is 0. The van der Waals surface area contributed by atoms with E-state index in [9.17, 15) is 4.79 Å². The Morgan fingerprint density at radius 1 is 1.26 bits per heavy atom.